The maximum absolute atomic E-state index is 13.1. The van der Waals surface area contributed by atoms with Crippen LogP contribution in [0.4, 0.5) is 10.1 Å². The van der Waals surface area contributed by atoms with Gasteiger partial charge in [-0.3, -0.25) is 0 Å². The summed E-state index contributed by atoms with van der Waals surface area (Å²) in [6.07, 6.45) is 1.20. The first-order chi connectivity index (χ1) is 13.9. The molecule has 0 radical (unpaired) electrons. The Morgan fingerprint density at radius 3 is 2.17 bits per heavy atom. The van der Waals surface area contributed by atoms with Crippen LogP contribution in [0.25, 0.3) is 0 Å². The normalized spacial score (nSPS) is 15.0. The van der Waals surface area contributed by atoms with Crippen molar-refractivity contribution < 1.29 is 12.8 Å². The van der Waals surface area contributed by atoms with Crippen LogP contribution in [0.5, 0.6) is 0 Å². The fourth-order valence-corrected chi connectivity index (χ4v) is 3.89. The quantitative estimate of drug-likeness (QED) is 0.355. The lowest BCUT2D eigenvalue weighted by atomic mass is 10.2. The molecule has 30 heavy (non-hydrogen) atoms. The van der Waals surface area contributed by atoms with E-state index in [0.29, 0.717) is 11.4 Å². The molecule has 164 valence electrons. The van der Waals surface area contributed by atoms with Crippen LogP contribution < -0.4 is 10.2 Å². The molecule has 0 atom stereocenters. The predicted octanol–water partition coefficient (Wildman–Crippen LogP) is 3.13. The Morgan fingerprint density at radius 2 is 1.63 bits per heavy atom. The molecular formula is C21H28FIN4O2S. The molecule has 1 aliphatic rings. The van der Waals surface area contributed by atoms with Crippen molar-refractivity contribution >= 4 is 45.5 Å². The first-order valence-corrected chi connectivity index (χ1v) is 11.6. The molecule has 0 saturated carbocycles. The van der Waals surface area contributed by atoms with Gasteiger partial charge in [0.1, 0.15) is 5.82 Å². The van der Waals surface area contributed by atoms with Crippen molar-refractivity contribution in [1.29, 1.82) is 0 Å². The van der Waals surface area contributed by atoms with Gasteiger partial charge in [0.2, 0.25) is 0 Å². The molecule has 1 fully saturated rings. The lowest BCUT2D eigenvalue weighted by Gasteiger charge is -2.37. The van der Waals surface area contributed by atoms with E-state index in [4.69, 9.17) is 4.99 Å². The molecule has 9 heteroatoms. The van der Waals surface area contributed by atoms with Gasteiger partial charge in [0.25, 0.3) is 0 Å². The molecule has 1 aliphatic heterocycles. The van der Waals surface area contributed by atoms with Gasteiger partial charge in [0.05, 0.1) is 11.4 Å². The van der Waals surface area contributed by atoms with Crippen molar-refractivity contribution in [3.63, 3.8) is 0 Å². The van der Waals surface area contributed by atoms with Crippen LogP contribution in [-0.4, -0.2) is 58.3 Å². The van der Waals surface area contributed by atoms with Crippen LogP contribution in [0.2, 0.25) is 0 Å². The molecule has 0 amide bonds. The Balaban J connectivity index is 0.00000320. The van der Waals surface area contributed by atoms with E-state index in [1.807, 2.05) is 19.1 Å². The van der Waals surface area contributed by atoms with E-state index in [2.05, 4.69) is 15.1 Å². The molecule has 1 saturated heterocycles. The molecule has 2 aromatic rings. The SMILES string of the molecule is CCNC(=NCc1ccc(S(C)(=O)=O)cc1)N1CCN(c2ccc(F)cc2)CC1.I. The third kappa shape index (κ3) is 6.56. The maximum atomic E-state index is 13.1. The topological polar surface area (TPSA) is 65.0 Å². The highest BCUT2D eigenvalue weighted by atomic mass is 127. The third-order valence-electron chi connectivity index (χ3n) is 4.87. The van der Waals surface area contributed by atoms with Gasteiger partial charge in [-0.2, -0.15) is 0 Å². The first kappa shape index (κ1) is 24.4. The first-order valence-electron chi connectivity index (χ1n) is 9.69. The van der Waals surface area contributed by atoms with Crippen LogP contribution in [0.15, 0.2) is 58.4 Å². The molecule has 3 rings (SSSR count). The van der Waals surface area contributed by atoms with Gasteiger partial charge < -0.3 is 15.1 Å². The summed E-state index contributed by atoms with van der Waals surface area (Å²) in [6.45, 7) is 6.57. The van der Waals surface area contributed by atoms with E-state index < -0.39 is 9.84 Å². The highest BCUT2D eigenvalue weighted by Crippen LogP contribution is 2.17. The van der Waals surface area contributed by atoms with Crippen molar-refractivity contribution in [3.05, 3.63) is 59.9 Å². The Kier molecular flexibility index (Phi) is 8.90. The number of nitrogens with zero attached hydrogens (tertiary/aromatic N) is 3. The van der Waals surface area contributed by atoms with Gasteiger partial charge in [-0.15, -0.1) is 24.0 Å². The van der Waals surface area contributed by atoms with Crippen molar-refractivity contribution in [2.24, 2.45) is 4.99 Å². The molecule has 0 aromatic heterocycles. The summed E-state index contributed by atoms with van der Waals surface area (Å²) < 4.78 is 36.3. The minimum Gasteiger partial charge on any atom is -0.368 e. The molecule has 0 spiro atoms. The van der Waals surface area contributed by atoms with Crippen LogP contribution in [-0.2, 0) is 16.4 Å². The lowest BCUT2D eigenvalue weighted by Crippen LogP contribution is -2.52. The number of aliphatic imine (C=N–C) groups is 1. The maximum Gasteiger partial charge on any atom is 0.194 e. The Morgan fingerprint density at radius 1 is 1.03 bits per heavy atom. The van der Waals surface area contributed by atoms with Gasteiger partial charge in [-0.1, -0.05) is 12.1 Å². The summed E-state index contributed by atoms with van der Waals surface area (Å²) in [5.74, 6) is 0.622. The van der Waals surface area contributed by atoms with Gasteiger partial charge >= 0.3 is 0 Å². The Bertz CT molecular complexity index is 942. The molecule has 6 nitrogen and oxygen atoms in total. The zero-order valence-electron chi connectivity index (χ0n) is 17.2. The van der Waals surface area contributed by atoms with E-state index in [1.165, 1.54) is 18.4 Å². The molecule has 1 heterocycles. The van der Waals surface area contributed by atoms with E-state index in [0.717, 1.165) is 49.9 Å². The smallest absolute Gasteiger partial charge is 0.194 e. The van der Waals surface area contributed by atoms with Gasteiger partial charge in [-0.05, 0) is 48.9 Å². The van der Waals surface area contributed by atoms with Crippen LogP contribution in [0.1, 0.15) is 12.5 Å². The zero-order valence-corrected chi connectivity index (χ0v) is 20.4. The standard InChI is InChI=1S/C21H27FN4O2S.HI/c1-3-23-21(24-16-17-4-10-20(11-5-17)29(2,27)28)26-14-12-25(13-15-26)19-8-6-18(22)7-9-19;/h4-11H,3,12-16H2,1-2H3,(H,23,24);1H. The van der Waals surface area contributed by atoms with Crippen molar-refractivity contribution in [1.82, 2.24) is 10.2 Å². The summed E-state index contributed by atoms with van der Waals surface area (Å²) in [6, 6.07) is 13.4. The summed E-state index contributed by atoms with van der Waals surface area (Å²) >= 11 is 0. The monoisotopic (exact) mass is 546 g/mol. The molecule has 2 aromatic carbocycles. The number of hydrogen-bond acceptors (Lipinski definition) is 4. The third-order valence-corrected chi connectivity index (χ3v) is 6.00. The Labute approximate surface area is 195 Å². The number of piperazine rings is 1. The number of rotatable bonds is 5. The molecule has 0 unspecified atom stereocenters. The van der Waals surface area contributed by atoms with Gasteiger partial charge in [0.15, 0.2) is 15.8 Å². The Hall–Kier alpha value is -1.88. The number of anilines is 1. The second-order valence-electron chi connectivity index (χ2n) is 7.04. The van der Waals surface area contributed by atoms with E-state index in [9.17, 15) is 12.8 Å². The fourth-order valence-electron chi connectivity index (χ4n) is 3.26. The highest BCUT2D eigenvalue weighted by molar-refractivity contribution is 14.0. The summed E-state index contributed by atoms with van der Waals surface area (Å²) in [5.41, 5.74) is 1.98. The van der Waals surface area contributed by atoms with Gasteiger partial charge in [-0.25, -0.2) is 17.8 Å². The fraction of sp³-hybridized carbons (Fsp3) is 0.381. The molecular weight excluding hydrogens is 518 g/mol. The summed E-state index contributed by atoms with van der Waals surface area (Å²) in [5, 5.41) is 3.33. The second kappa shape index (κ2) is 10.9. The predicted molar refractivity (Wildman–Crippen MR) is 130 cm³/mol. The average Bonchev–Trinajstić information content (AvgIpc) is 2.71. The number of nitrogens with one attached hydrogen (secondary N) is 1. The van der Waals surface area contributed by atoms with Gasteiger partial charge in [0, 0.05) is 44.7 Å². The number of sulfone groups is 1. The number of benzene rings is 2. The second-order valence-corrected chi connectivity index (χ2v) is 9.05. The van der Waals surface area contributed by atoms with Crippen molar-refractivity contribution in [2.45, 2.75) is 18.4 Å². The highest BCUT2D eigenvalue weighted by Gasteiger charge is 2.20. The molecule has 0 bridgehead atoms. The average molecular weight is 546 g/mol. The summed E-state index contributed by atoms with van der Waals surface area (Å²) in [4.78, 5) is 9.49. The zero-order chi connectivity index (χ0) is 20.9. The van der Waals surface area contributed by atoms with Crippen LogP contribution >= 0.6 is 24.0 Å². The minimum atomic E-state index is -3.19. The number of hydrogen-bond donors (Lipinski definition) is 1. The molecule has 1 N–H and O–H groups in total. The largest absolute Gasteiger partial charge is 0.368 e. The summed E-state index contributed by atoms with van der Waals surface area (Å²) in [7, 11) is -3.19. The van der Waals surface area contributed by atoms with Crippen LogP contribution in [0.3, 0.4) is 0 Å². The molecule has 0 aliphatic carbocycles. The van der Waals surface area contributed by atoms with Crippen LogP contribution in [0, 0.1) is 5.82 Å². The van der Waals surface area contributed by atoms with E-state index in [-0.39, 0.29) is 29.8 Å². The van der Waals surface area contributed by atoms with Crippen molar-refractivity contribution in [2.75, 3.05) is 43.9 Å². The van der Waals surface area contributed by atoms with E-state index >= 15 is 0 Å². The minimum absolute atomic E-state index is 0. The lowest BCUT2D eigenvalue weighted by molar-refractivity contribution is 0.372. The van der Waals surface area contributed by atoms with Crippen molar-refractivity contribution in [3.8, 4) is 0 Å². The number of halogens is 2. The number of guanidine groups is 1. The van der Waals surface area contributed by atoms with E-state index in [1.54, 1.807) is 24.3 Å².